The molecule has 1 aliphatic heterocycles. The van der Waals surface area contributed by atoms with Gasteiger partial charge in [0.2, 0.25) is 11.8 Å². The van der Waals surface area contributed by atoms with Gasteiger partial charge in [-0.3, -0.25) is 14.6 Å². The predicted octanol–water partition coefficient (Wildman–Crippen LogP) is 3.11. The van der Waals surface area contributed by atoms with Gasteiger partial charge in [-0.05, 0) is 36.2 Å². The summed E-state index contributed by atoms with van der Waals surface area (Å²) in [5.41, 5.74) is 3.67. The maximum Gasteiger partial charge on any atom is 0.227 e. The first-order valence-corrected chi connectivity index (χ1v) is 10.5. The topological polar surface area (TPSA) is 75.2 Å². The van der Waals surface area contributed by atoms with Gasteiger partial charge in [0, 0.05) is 48.9 Å². The number of aromatic nitrogens is 2. The Morgan fingerprint density at radius 3 is 2.72 bits per heavy atom. The number of thiazole rings is 1. The monoisotopic (exact) mass is 406 g/mol. The molecule has 0 saturated carbocycles. The summed E-state index contributed by atoms with van der Waals surface area (Å²) in [7, 11) is 0. The van der Waals surface area contributed by atoms with Crippen molar-refractivity contribution in [2.75, 3.05) is 11.4 Å². The van der Waals surface area contributed by atoms with E-state index in [1.807, 2.05) is 52.7 Å². The molecule has 148 valence electrons. The summed E-state index contributed by atoms with van der Waals surface area (Å²) in [6, 6.07) is 13.6. The first kappa shape index (κ1) is 19.3. The fourth-order valence-electron chi connectivity index (χ4n) is 3.31. The van der Waals surface area contributed by atoms with Gasteiger partial charge in [-0.25, -0.2) is 4.98 Å². The standard InChI is InChI=1S/C22H22N4O2S/c27-20(12-18-15-29-21(25-18)13-17-4-1-2-10-23-17)24-14-16-6-8-19(9-7-16)26-11-3-5-22(26)28/h1-2,4,6-10,15H,3,5,11-14H2,(H,24,27). The minimum Gasteiger partial charge on any atom is -0.352 e. The average molecular weight is 407 g/mol. The van der Waals surface area contributed by atoms with E-state index in [9.17, 15) is 9.59 Å². The van der Waals surface area contributed by atoms with Crippen molar-refractivity contribution >= 4 is 28.8 Å². The number of nitrogens with zero attached hydrogens (tertiary/aromatic N) is 3. The quantitative estimate of drug-likeness (QED) is 0.654. The molecule has 2 amide bonds. The molecule has 3 heterocycles. The van der Waals surface area contributed by atoms with E-state index in [4.69, 9.17) is 0 Å². The third-order valence-electron chi connectivity index (χ3n) is 4.81. The molecule has 0 unspecified atom stereocenters. The van der Waals surface area contributed by atoms with Crippen LogP contribution in [0.25, 0.3) is 0 Å². The molecule has 0 aliphatic carbocycles. The molecule has 4 rings (SSSR count). The molecule has 0 spiro atoms. The number of hydrogen-bond donors (Lipinski definition) is 1. The number of rotatable bonds is 7. The molecular weight excluding hydrogens is 384 g/mol. The van der Waals surface area contributed by atoms with Crippen LogP contribution in [-0.4, -0.2) is 28.3 Å². The van der Waals surface area contributed by atoms with Crippen LogP contribution in [0.4, 0.5) is 5.69 Å². The van der Waals surface area contributed by atoms with Crippen molar-refractivity contribution in [1.29, 1.82) is 0 Å². The maximum absolute atomic E-state index is 12.3. The largest absolute Gasteiger partial charge is 0.352 e. The lowest BCUT2D eigenvalue weighted by Crippen LogP contribution is -2.25. The average Bonchev–Trinajstić information content (AvgIpc) is 3.36. The van der Waals surface area contributed by atoms with Gasteiger partial charge in [0.05, 0.1) is 17.1 Å². The Hall–Kier alpha value is -3.06. The highest BCUT2D eigenvalue weighted by atomic mass is 32.1. The molecule has 1 N–H and O–H groups in total. The Morgan fingerprint density at radius 1 is 1.14 bits per heavy atom. The third kappa shape index (κ3) is 5.06. The number of carbonyl (C=O) groups is 2. The van der Waals surface area contributed by atoms with Gasteiger partial charge in [-0.1, -0.05) is 18.2 Å². The van der Waals surface area contributed by atoms with Gasteiger partial charge in [0.25, 0.3) is 0 Å². The van der Waals surface area contributed by atoms with Gasteiger partial charge in [-0.15, -0.1) is 11.3 Å². The molecule has 1 aromatic carbocycles. The second kappa shape index (κ2) is 8.96. The van der Waals surface area contributed by atoms with Crippen LogP contribution in [0.3, 0.4) is 0 Å². The molecule has 1 fully saturated rings. The van der Waals surface area contributed by atoms with Crippen LogP contribution in [0.15, 0.2) is 54.0 Å². The Labute approximate surface area is 173 Å². The number of benzene rings is 1. The zero-order chi connectivity index (χ0) is 20.1. The normalized spacial score (nSPS) is 13.7. The van der Waals surface area contributed by atoms with Crippen molar-refractivity contribution < 1.29 is 9.59 Å². The maximum atomic E-state index is 12.3. The summed E-state index contributed by atoms with van der Waals surface area (Å²) in [5.74, 6) is 0.121. The Bertz CT molecular complexity index is 986. The summed E-state index contributed by atoms with van der Waals surface area (Å²) in [4.78, 5) is 34.7. The second-order valence-electron chi connectivity index (χ2n) is 7.00. The minimum absolute atomic E-state index is 0.0570. The summed E-state index contributed by atoms with van der Waals surface area (Å²) >= 11 is 1.55. The van der Waals surface area contributed by atoms with Crippen molar-refractivity contribution in [3.8, 4) is 0 Å². The zero-order valence-electron chi connectivity index (χ0n) is 16.0. The molecule has 2 aromatic heterocycles. The lowest BCUT2D eigenvalue weighted by atomic mass is 10.2. The van der Waals surface area contributed by atoms with Crippen LogP contribution >= 0.6 is 11.3 Å². The van der Waals surface area contributed by atoms with Crippen LogP contribution < -0.4 is 10.2 Å². The minimum atomic E-state index is -0.0570. The number of pyridine rings is 1. The van der Waals surface area contributed by atoms with Crippen molar-refractivity contribution in [2.24, 2.45) is 0 Å². The van der Waals surface area contributed by atoms with Gasteiger partial charge in [0.1, 0.15) is 0 Å². The summed E-state index contributed by atoms with van der Waals surface area (Å²) < 4.78 is 0. The number of anilines is 1. The molecule has 0 atom stereocenters. The SMILES string of the molecule is O=C(Cc1csc(Cc2ccccn2)n1)NCc1ccc(N2CCCC2=O)cc1. The lowest BCUT2D eigenvalue weighted by Gasteiger charge is -2.16. The van der Waals surface area contributed by atoms with E-state index in [2.05, 4.69) is 15.3 Å². The van der Waals surface area contributed by atoms with Crippen LogP contribution in [0.1, 0.15) is 34.8 Å². The summed E-state index contributed by atoms with van der Waals surface area (Å²) in [6.45, 7) is 1.24. The number of amides is 2. The zero-order valence-corrected chi connectivity index (χ0v) is 16.8. The van der Waals surface area contributed by atoms with Gasteiger partial charge < -0.3 is 10.2 Å². The van der Waals surface area contributed by atoms with Crippen molar-refractivity contribution in [2.45, 2.75) is 32.2 Å². The van der Waals surface area contributed by atoms with Crippen LogP contribution in [0, 0.1) is 0 Å². The molecule has 0 bridgehead atoms. The van der Waals surface area contributed by atoms with E-state index in [1.165, 1.54) is 0 Å². The molecule has 3 aromatic rings. The molecule has 1 saturated heterocycles. The van der Waals surface area contributed by atoms with Gasteiger partial charge in [-0.2, -0.15) is 0 Å². The molecule has 29 heavy (non-hydrogen) atoms. The van der Waals surface area contributed by atoms with E-state index in [0.29, 0.717) is 19.4 Å². The lowest BCUT2D eigenvalue weighted by molar-refractivity contribution is -0.120. The predicted molar refractivity (Wildman–Crippen MR) is 113 cm³/mol. The molecule has 7 heteroatoms. The fraction of sp³-hybridized carbons (Fsp3) is 0.273. The Kier molecular flexibility index (Phi) is 5.95. The summed E-state index contributed by atoms with van der Waals surface area (Å²) in [6.07, 6.45) is 4.25. The van der Waals surface area contributed by atoms with Gasteiger partial charge >= 0.3 is 0 Å². The highest BCUT2D eigenvalue weighted by Crippen LogP contribution is 2.21. The third-order valence-corrected chi connectivity index (χ3v) is 5.71. The molecule has 0 radical (unpaired) electrons. The number of carbonyl (C=O) groups excluding carboxylic acids is 2. The van der Waals surface area contributed by atoms with Crippen LogP contribution in [0.5, 0.6) is 0 Å². The number of nitrogens with one attached hydrogen (secondary N) is 1. The molecule has 1 aliphatic rings. The van der Waals surface area contributed by atoms with Crippen molar-refractivity contribution in [1.82, 2.24) is 15.3 Å². The van der Waals surface area contributed by atoms with Crippen molar-refractivity contribution in [3.05, 3.63) is 76.0 Å². The highest BCUT2D eigenvalue weighted by molar-refractivity contribution is 7.09. The molecular formula is C22H22N4O2S. The fourth-order valence-corrected chi connectivity index (χ4v) is 4.12. The highest BCUT2D eigenvalue weighted by Gasteiger charge is 2.21. The van der Waals surface area contributed by atoms with Gasteiger partial charge in [0.15, 0.2) is 0 Å². The number of hydrogen-bond acceptors (Lipinski definition) is 5. The second-order valence-corrected chi connectivity index (χ2v) is 7.94. The van der Waals surface area contributed by atoms with E-state index in [1.54, 1.807) is 17.5 Å². The summed E-state index contributed by atoms with van der Waals surface area (Å²) in [5, 5.41) is 5.82. The van der Waals surface area contributed by atoms with Crippen LogP contribution in [0.2, 0.25) is 0 Å². The smallest absolute Gasteiger partial charge is 0.227 e. The van der Waals surface area contributed by atoms with E-state index < -0.39 is 0 Å². The Balaban J connectivity index is 1.26. The van der Waals surface area contributed by atoms with E-state index in [-0.39, 0.29) is 18.2 Å². The molecule has 6 nitrogen and oxygen atoms in total. The van der Waals surface area contributed by atoms with E-state index >= 15 is 0 Å². The first-order chi connectivity index (χ1) is 14.2. The van der Waals surface area contributed by atoms with E-state index in [0.717, 1.165) is 40.6 Å². The first-order valence-electron chi connectivity index (χ1n) is 9.66. The van der Waals surface area contributed by atoms with Crippen molar-refractivity contribution in [3.63, 3.8) is 0 Å². The van der Waals surface area contributed by atoms with Crippen LogP contribution in [-0.2, 0) is 29.0 Å². The Morgan fingerprint density at radius 2 is 2.00 bits per heavy atom.